The molecule has 1 N–H and O–H groups in total. The molecule has 3 heteroatoms. The van der Waals surface area contributed by atoms with Crippen molar-refractivity contribution >= 4 is 11.3 Å². The van der Waals surface area contributed by atoms with E-state index in [0.29, 0.717) is 6.04 Å². The summed E-state index contributed by atoms with van der Waals surface area (Å²) < 4.78 is 5.06. The van der Waals surface area contributed by atoms with E-state index < -0.39 is 0 Å². The molecule has 1 atom stereocenters. The highest BCUT2D eigenvalue weighted by atomic mass is 32.1. The van der Waals surface area contributed by atoms with E-state index >= 15 is 0 Å². The normalized spacial score (nSPS) is 13.3. The van der Waals surface area contributed by atoms with Crippen LogP contribution in [0.1, 0.15) is 10.9 Å². The Morgan fingerprint density at radius 2 is 2.55 bits per heavy atom. The molecule has 0 bridgehead atoms. The molecule has 0 aliphatic heterocycles. The van der Waals surface area contributed by atoms with Crippen molar-refractivity contribution in [2.45, 2.75) is 6.04 Å². The summed E-state index contributed by atoms with van der Waals surface area (Å²) in [6.45, 7) is 0.733. The summed E-state index contributed by atoms with van der Waals surface area (Å²) in [5.41, 5.74) is 0. The third-order valence-electron chi connectivity index (χ3n) is 1.57. The Hall–Kier alpha value is -0.380. The van der Waals surface area contributed by atoms with Crippen molar-refractivity contribution in [1.29, 1.82) is 0 Å². The molecule has 1 heterocycles. The fourth-order valence-electron chi connectivity index (χ4n) is 0.964. The minimum absolute atomic E-state index is 0.347. The predicted molar refractivity (Wildman–Crippen MR) is 48.0 cm³/mol. The molecule has 0 fully saturated rings. The molecule has 11 heavy (non-hydrogen) atoms. The first kappa shape index (κ1) is 8.71. The van der Waals surface area contributed by atoms with E-state index in [1.807, 2.05) is 7.05 Å². The molecular weight excluding hydrogens is 158 g/mol. The first-order chi connectivity index (χ1) is 5.38. The van der Waals surface area contributed by atoms with Gasteiger partial charge in [0.2, 0.25) is 0 Å². The Balaban J connectivity index is 2.56. The lowest BCUT2D eigenvalue weighted by atomic mass is 10.2. The molecule has 0 amide bonds. The molecule has 0 aromatic carbocycles. The van der Waals surface area contributed by atoms with E-state index in [1.165, 1.54) is 4.88 Å². The van der Waals surface area contributed by atoms with Crippen LogP contribution in [0, 0.1) is 0 Å². The quantitative estimate of drug-likeness (QED) is 0.744. The van der Waals surface area contributed by atoms with Crippen LogP contribution < -0.4 is 5.32 Å². The Labute approximate surface area is 71.2 Å². The van der Waals surface area contributed by atoms with Gasteiger partial charge in [-0.3, -0.25) is 0 Å². The number of nitrogens with one attached hydrogen (secondary N) is 1. The van der Waals surface area contributed by atoms with Crippen LogP contribution in [-0.2, 0) is 4.74 Å². The number of likely N-dealkylation sites (N-methyl/N-ethyl adjacent to an activating group) is 1. The molecule has 2 nitrogen and oxygen atoms in total. The van der Waals surface area contributed by atoms with Gasteiger partial charge in [-0.1, -0.05) is 6.07 Å². The number of ether oxygens (including phenoxy) is 1. The second-order valence-corrected chi connectivity index (χ2v) is 3.29. The van der Waals surface area contributed by atoms with Crippen LogP contribution >= 0.6 is 11.3 Å². The molecule has 0 saturated heterocycles. The lowest BCUT2D eigenvalue weighted by Crippen LogP contribution is -2.19. The third-order valence-corrected chi connectivity index (χ3v) is 2.55. The molecule has 1 rings (SSSR count). The molecule has 0 saturated carbocycles. The van der Waals surface area contributed by atoms with Gasteiger partial charge in [0.1, 0.15) is 0 Å². The predicted octanol–water partition coefficient (Wildman–Crippen LogP) is 1.66. The summed E-state index contributed by atoms with van der Waals surface area (Å²) in [4.78, 5) is 1.33. The smallest absolute Gasteiger partial charge is 0.0665 e. The van der Waals surface area contributed by atoms with Crippen LogP contribution in [0.3, 0.4) is 0 Å². The summed E-state index contributed by atoms with van der Waals surface area (Å²) >= 11 is 1.75. The highest BCUT2D eigenvalue weighted by molar-refractivity contribution is 7.10. The largest absolute Gasteiger partial charge is 0.383 e. The van der Waals surface area contributed by atoms with Crippen molar-refractivity contribution in [2.75, 3.05) is 20.8 Å². The standard InChI is InChI=1S/C8H13NOS/c1-9-7(6-10-2)8-4-3-5-11-8/h3-5,7,9H,6H2,1-2H3. The number of rotatable bonds is 4. The highest BCUT2D eigenvalue weighted by Crippen LogP contribution is 2.18. The van der Waals surface area contributed by atoms with Crippen molar-refractivity contribution in [2.24, 2.45) is 0 Å². The van der Waals surface area contributed by atoms with Gasteiger partial charge in [0, 0.05) is 12.0 Å². The molecule has 1 aromatic heterocycles. The Morgan fingerprint density at radius 1 is 1.73 bits per heavy atom. The van der Waals surface area contributed by atoms with E-state index in [9.17, 15) is 0 Å². The monoisotopic (exact) mass is 171 g/mol. The van der Waals surface area contributed by atoms with Crippen molar-refractivity contribution in [3.63, 3.8) is 0 Å². The first-order valence-corrected chi connectivity index (χ1v) is 4.46. The van der Waals surface area contributed by atoms with Gasteiger partial charge < -0.3 is 10.1 Å². The number of methoxy groups -OCH3 is 1. The van der Waals surface area contributed by atoms with Crippen LogP contribution in [0.2, 0.25) is 0 Å². The molecule has 1 unspecified atom stereocenters. The van der Waals surface area contributed by atoms with E-state index in [4.69, 9.17) is 4.74 Å². The van der Waals surface area contributed by atoms with Gasteiger partial charge in [-0.25, -0.2) is 0 Å². The van der Waals surface area contributed by atoms with Crippen LogP contribution in [-0.4, -0.2) is 20.8 Å². The summed E-state index contributed by atoms with van der Waals surface area (Å²) in [5.74, 6) is 0. The Kier molecular flexibility index (Phi) is 3.56. The fraction of sp³-hybridized carbons (Fsp3) is 0.500. The number of hydrogen-bond acceptors (Lipinski definition) is 3. The summed E-state index contributed by atoms with van der Waals surface area (Å²) in [6, 6.07) is 4.52. The SMILES string of the molecule is CNC(COC)c1cccs1. The summed E-state index contributed by atoms with van der Waals surface area (Å²) in [6.07, 6.45) is 0. The zero-order valence-corrected chi connectivity index (χ0v) is 7.65. The van der Waals surface area contributed by atoms with E-state index in [-0.39, 0.29) is 0 Å². The number of hydrogen-bond donors (Lipinski definition) is 1. The average Bonchev–Trinajstić information content (AvgIpc) is 2.52. The second-order valence-electron chi connectivity index (χ2n) is 2.31. The summed E-state index contributed by atoms with van der Waals surface area (Å²) in [5, 5.41) is 5.27. The van der Waals surface area contributed by atoms with E-state index in [2.05, 4.69) is 22.8 Å². The zero-order valence-electron chi connectivity index (χ0n) is 6.83. The van der Waals surface area contributed by atoms with Crippen LogP contribution in [0.5, 0.6) is 0 Å². The maximum Gasteiger partial charge on any atom is 0.0665 e. The van der Waals surface area contributed by atoms with Gasteiger partial charge in [0.15, 0.2) is 0 Å². The third kappa shape index (κ3) is 2.29. The van der Waals surface area contributed by atoms with Gasteiger partial charge in [0.05, 0.1) is 12.6 Å². The highest BCUT2D eigenvalue weighted by Gasteiger charge is 2.08. The summed E-state index contributed by atoms with van der Waals surface area (Å²) in [7, 11) is 3.67. The lowest BCUT2D eigenvalue weighted by molar-refractivity contribution is 0.171. The first-order valence-electron chi connectivity index (χ1n) is 3.58. The van der Waals surface area contributed by atoms with Gasteiger partial charge in [-0.05, 0) is 18.5 Å². The zero-order chi connectivity index (χ0) is 8.10. The van der Waals surface area contributed by atoms with E-state index in [1.54, 1.807) is 18.4 Å². The number of thiophene rings is 1. The van der Waals surface area contributed by atoms with Crippen molar-refractivity contribution in [3.05, 3.63) is 22.4 Å². The maximum atomic E-state index is 5.06. The van der Waals surface area contributed by atoms with Crippen LogP contribution in [0.15, 0.2) is 17.5 Å². The minimum Gasteiger partial charge on any atom is -0.383 e. The lowest BCUT2D eigenvalue weighted by Gasteiger charge is -2.12. The molecule has 1 aromatic rings. The van der Waals surface area contributed by atoms with Crippen LogP contribution in [0.4, 0.5) is 0 Å². The molecule has 62 valence electrons. The van der Waals surface area contributed by atoms with Gasteiger partial charge in [-0.2, -0.15) is 0 Å². The Bertz CT molecular complexity index is 186. The Morgan fingerprint density at radius 3 is 3.00 bits per heavy atom. The topological polar surface area (TPSA) is 21.3 Å². The molecule has 0 aliphatic rings. The molecule has 0 aliphatic carbocycles. The molecule has 0 radical (unpaired) electrons. The van der Waals surface area contributed by atoms with Crippen LogP contribution in [0.25, 0.3) is 0 Å². The van der Waals surface area contributed by atoms with E-state index in [0.717, 1.165) is 6.61 Å². The maximum absolute atomic E-state index is 5.06. The molecule has 0 spiro atoms. The minimum atomic E-state index is 0.347. The van der Waals surface area contributed by atoms with Gasteiger partial charge in [-0.15, -0.1) is 11.3 Å². The second kappa shape index (κ2) is 4.49. The van der Waals surface area contributed by atoms with Crippen molar-refractivity contribution in [1.82, 2.24) is 5.32 Å². The fourth-order valence-corrected chi connectivity index (χ4v) is 1.79. The van der Waals surface area contributed by atoms with Gasteiger partial charge >= 0.3 is 0 Å². The average molecular weight is 171 g/mol. The van der Waals surface area contributed by atoms with Gasteiger partial charge in [0.25, 0.3) is 0 Å². The van der Waals surface area contributed by atoms with Crippen molar-refractivity contribution < 1.29 is 4.74 Å². The van der Waals surface area contributed by atoms with Crippen molar-refractivity contribution in [3.8, 4) is 0 Å². The molecular formula is C8H13NOS.